The van der Waals surface area contributed by atoms with Crippen molar-refractivity contribution in [2.45, 2.75) is 6.92 Å². The molecule has 0 aliphatic carbocycles. The summed E-state index contributed by atoms with van der Waals surface area (Å²) in [7, 11) is 0. The molecular weight excluding hydrogens is 322 g/mol. The fourth-order valence-corrected chi connectivity index (χ4v) is 2.43. The molecule has 114 valence electrons. The van der Waals surface area contributed by atoms with Crippen molar-refractivity contribution < 1.29 is 14.3 Å². The molecule has 6 heteroatoms. The van der Waals surface area contributed by atoms with E-state index in [1.165, 1.54) is 17.4 Å². The van der Waals surface area contributed by atoms with Crippen LogP contribution >= 0.6 is 22.9 Å². The summed E-state index contributed by atoms with van der Waals surface area (Å²) in [5, 5.41) is 5.09. The molecule has 0 atom stereocenters. The van der Waals surface area contributed by atoms with Crippen LogP contribution in [0.15, 0.2) is 41.8 Å². The van der Waals surface area contributed by atoms with Gasteiger partial charge in [0, 0.05) is 21.7 Å². The summed E-state index contributed by atoms with van der Waals surface area (Å²) >= 11 is 7.38. The summed E-state index contributed by atoms with van der Waals surface area (Å²) in [5.41, 5.74) is 1.48. The number of anilines is 1. The highest BCUT2D eigenvalue weighted by Gasteiger charge is 2.08. The molecule has 2 rings (SSSR count). The van der Waals surface area contributed by atoms with Crippen molar-refractivity contribution in [1.82, 2.24) is 0 Å². The minimum absolute atomic E-state index is 0.348. The van der Waals surface area contributed by atoms with Crippen molar-refractivity contribution in [1.29, 1.82) is 0 Å². The maximum absolute atomic E-state index is 11.8. The van der Waals surface area contributed by atoms with Crippen molar-refractivity contribution in [2.24, 2.45) is 0 Å². The second-order valence-corrected chi connectivity index (χ2v) is 5.88. The van der Waals surface area contributed by atoms with E-state index in [1.807, 2.05) is 24.4 Å². The molecule has 0 aliphatic heterocycles. The van der Waals surface area contributed by atoms with Crippen LogP contribution in [0.1, 0.15) is 10.4 Å². The van der Waals surface area contributed by atoms with Gasteiger partial charge in [0.1, 0.15) is 0 Å². The van der Waals surface area contributed by atoms with Crippen LogP contribution in [0.4, 0.5) is 5.69 Å². The fraction of sp³-hybridized carbons (Fsp3) is 0.125. The van der Waals surface area contributed by atoms with E-state index < -0.39 is 11.9 Å². The van der Waals surface area contributed by atoms with E-state index in [0.29, 0.717) is 10.7 Å². The van der Waals surface area contributed by atoms with Crippen LogP contribution in [0.3, 0.4) is 0 Å². The summed E-state index contributed by atoms with van der Waals surface area (Å²) in [6.45, 7) is 1.50. The third-order valence-corrected chi connectivity index (χ3v) is 3.82. The highest BCUT2D eigenvalue weighted by Crippen LogP contribution is 2.20. The monoisotopic (exact) mass is 335 g/mol. The second-order valence-electron chi connectivity index (χ2n) is 4.46. The van der Waals surface area contributed by atoms with Crippen molar-refractivity contribution in [3.63, 3.8) is 0 Å². The fourth-order valence-electron chi connectivity index (χ4n) is 1.64. The number of carbonyl (C=O) groups is 2. The summed E-state index contributed by atoms with van der Waals surface area (Å²) in [4.78, 5) is 24.2. The second kappa shape index (κ2) is 7.77. The van der Waals surface area contributed by atoms with E-state index in [2.05, 4.69) is 5.32 Å². The minimum atomic E-state index is -0.564. The van der Waals surface area contributed by atoms with Crippen molar-refractivity contribution >= 4 is 46.6 Å². The highest BCUT2D eigenvalue weighted by atomic mass is 35.5. The zero-order chi connectivity index (χ0) is 15.9. The first-order valence-corrected chi connectivity index (χ1v) is 7.75. The van der Waals surface area contributed by atoms with Gasteiger partial charge in [-0.2, -0.15) is 0 Å². The Balaban J connectivity index is 1.82. The number of amides is 1. The maximum atomic E-state index is 11.8. The van der Waals surface area contributed by atoms with Crippen LogP contribution in [-0.2, 0) is 14.3 Å². The van der Waals surface area contributed by atoms with Crippen molar-refractivity contribution in [3.05, 3.63) is 57.3 Å². The smallest absolute Gasteiger partial charge is 0.331 e. The molecule has 0 fully saturated rings. The lowest BCUT2D eigenvalue weighted by Crippen LogP contribution is -2.20. The number of ether oxygens (including phenoxy) is 1. The predicted octanol–water partition coefficient (Wildman–Crippen LogP) is 3.91. The first-order valence-electron chi connectivity index (χ1n) is 6.49. The van der Waals surface area contributed by atoms with Gasteiger partial charge in [-0.15, -0.1) is 11.3 Å². The molecule has 0 radical (unpaired) electrons. The van der Waals surface area contributed by atoms with Gasteiger partial charge in [0.15, 0.2) is 6.61 Å². The molecule has 0 saturated carbocycles. The molecule has 0 bridgehead atoms. The molecule has 0 unspecified atom stereocenters. The quantitative estimate of drug-likeness (QED) is 0.666. The number of nitrogens with one attached hydrogen (secondary N) is 1. The Morgan fingerprint density at radius 1 is 1.36 bits per heavy atom. The zero-order valence-corrected chi connectivity index (χ0v) is 13.4. The van der Waals surface area contributed by atoms with Crippen molar-refractivity contribution in [2.75, 3.05) is 11.9 Å². The molecule has 22 heavy (non-hydrogen) atoms. The van der Waals surface area contributed by atoms with Gasteiger partial charge in [-0.3, -0.25) is 4.79 Å². The van der Waals surface area contributed by atoms with E-state index >= 15 is 0 Å². The number of aryl methyl sites for hydroxylation is 1. The number of rotatable bonds is 5. The highest BCUT2D eigenvalue weighted by molar-refractivity contribution is 7.10. The van der Waals surface area contributed by atoms with E-state index in [0.717, 1.165) is 10.4 Å². The van der Waals surface area contributed by atoms with Crippen LogP contribution in [0.25, 0.3) is 6.08 Å². The molecule has 4 nitrogen and oxygen atoms in total. The van der Waals surface area contributed by atoms with Gasteiger partial charge < -0.3 is 10.1 Å². The van der Waals surface area contributed by atoms with Gasteiger partial charge in [0.05, 0.1) is 0 Å². The van der Waals surface area contributed by atoms with E-state index in [1.54, 1.807) is 24.3 Å². The Hall–Kier alpha value is -2.11. The molecule has 1 N–H and O–H groups in total. The standard InChI is InChI=1S/C16H14ClNO3S/c1-11-4-5-12(17)9-14(11)18-15(19)10-21-16(20)7-6-13-3-2-8-22-13/h2-9H,10H2,1H3,(H,18,19)/b7-6+. The molecule has 1 amide bonds. The zero-order valence-electron chi connectivity index (χ0n) is 11.8. The van der Waals surface area contributed by atoms with Crippen LogP contribution in [0, 0.1) is 6.92 Å². The van der Waals surface area contributed by atoms with Crippen LogP contribution in [0.2, 0.25) is 5.02 Å². The molecule has 0 saturated heterocycles. The Morgan fingerprint density at radius 2 is 2.18 bits per heavy atom. The summed E-state index contributed by atoms with van der Waals surface area (Å²) in [6, 6.07) is 8.95. The number of halogens is 1. The van der Waals surface area contributed by atoms with Gasteiger partial charge in [-0.05, 0) is 42.1 Å². The number of thiophene rings is 1. The Bertz CT molecular complexity index is 695. The Kier molecular flexibility index (Phi) is 5.75. The van der Waals surface area contributed by atoms with E-state index in [-0.39, 0.29) is 6.61 Å². The third-order valence-electron chi connectivity index (χ3n) is 2.75. The molecular formula is C16H14ClNO3S. The van der Waals surface area contributed by atoms with Crippen LogP contribution < -0.4 is 5.32 Å². The number of hydrogen-bond donors (Lipinski definition) is 1. The van der Waals surface area contributed by atoms with Crippen molar-refractivity contribution in [3.8, 4) is 0 Å². The van der Waals surface area contributed by atoms with Crippen LogP contribution in [-0.4, -0.2) is 18.5 Å². The predicted molar refractivity (Wildman–Crippen MR) is 89.1 cm³/mol. The molecule has 0 aliphatic rings. The first kappa shape index (κ1) is 16.3. The summed E-state index contributed by atoms with van der Waals surface area (Å²) in [6.07, 6.45) is 2.94. The maximum Gasteiger partial charge on any atom is 0.331 e. The summed E-state index contributed by atoms with van der Waals surface area (Å²) < 4.78 is 4.88. The van der Waals surface area contributed by atoms with Gasteiger partial charge in [0.25, 0.3) is 5.91 Å². The number of carbonyl (C=O) groups excluding carboxylic acids is 2. The molecule has 0 spiro atoms. The van der Waals surface area contributed by atoms with Gasteiger partial charge in [-0.25, -0.2) is 4.79 Å². The molecule has 1 aromatic carbocycles. The molecule has 2 aromatic rings. The van der Waals surface area contributed by atoms with Gasteiger partial charge in [0.2, 0.25) is 0 Å². The van der Waals surface area contributed by atoms with Gasteiger partial charge >= 0.3 is 5.97 Å². The number of benzene rings is 1. The average molecular weight is 336 g/mol. The molecule has 1 heterocycles. The topological polar surface area (TPSA) is 55.4 Å². The molecule has 1 aromatic heterocycles. The Labute approximate surface area is 137 Å². The lowest BCUT2D eigenvalue weighted by atomic mass is 10.2. The number of esters is 1. The largest absolute Gasteiger partial charge is 0.452 e. The SMILES string of the molecule is Cc1ccc(Cl)cc1NC(=O)COC(=O)/C=C/c1cccs1. The minimum Gasteiger partial charge on any atom is -0.452 e. The third kappa shape index (κ3) is 5.02. The Morgan fingerprint density at radius 3 is 2.91 bits per heavy atom. The average Bonchev–Trinajstić information content (AvgIpc) is 3.00. The van der Waals surface area contributed by atoms with Crippen LogP contribution in [0.5, 0.6) is 0 Å². The van der Waals surface area contributed by atoms with E-state index in [9.17, 15) is 9.59 Å². The summed E-state index contributed by atoms with van der Waals surface area (Å²) in [5.74, 6) is -0.977. The lowest BCUT2D eigenvalue weighted by molar-refractivity contribution is -0.142. The lowest BCUT2D eigenvalue weighted by Gasteiger charge is -2.08. The van der Waals surface area contributed by atoms with Gasteiger partial charge in [-0.1, -0.05) is 23.7 Å². The number of hydrogen-bond acceptors (Lipinski definition) is 4. The normalized spacial score (nSPS) is 10.6. The first-order chi connectivity index (χ1) is 10.5. The van der Waals surface area contributed by atoms with E-state index in [4.69, 9.17) is 16.3 Å².